The Morgan fingerprint density at radius 3 is 2.74 bits per heavy atom. The molecule has 0 bridgehead atoms. The van der Waals surface area contributed by atoms with Gasteiger partial charge in [-0.05, 0) is 43.4 Å². The van der Waals surface area contributed by atoms with Gasteiger partial charge in [0.15, 0.2) is 0 Å². The van der Waals surface area contributed by atoms with Gasteiger partial charge >= 0.3 is 0 Å². The zero-order valence-electron chi connectivity index (χ0n) is 11.8. The summed E-state index contributed by atoms with van der Waals surface area (Å²) in [6.07, 6.45) is 2.24. The van der Waals surface area contributed by atoms with Gasteiger partial charge in [0.2, 0.25) is 5.91 Å². The van der Waals surface area contributed by atoms with Gasteiger partial charge in [-0.3, -0.25) is 4.79 Å². The maximum absolute atomic E-state index is 10.9. The van der Waals surface area contributed by atoms with Gasteiger partial charge in [-0.2, -0.15) is 0 Å². The van der Waals surface area contributed by atoms with E-state index in [2.05, 4.69) is 29.3 Å². The van der Waals surface area contributed by atoms with E-state index in [0.717, 1.165) is 38.2 Å². The summed E-state index contributed by atoms with van der Waals surface area (Å²) < 4.78 is 0. The molecule has 1 aromatic rings. The summed E-state index contributed by atoms with van der Waals surface area (Å²) in [5.41, 5.74) is 9.21. The standard InChI is InChI=1S/C15H23N3O/c1-11-3-4-14(16)9-15(11)18-7-5-13(6-8-18)10-17-12(2)19/h3-4,9,13H,5-8,10,16H2,1-2H3,(H,17,19). The second-order valence-corrected chi connectivity index (χ2v) is 5.41. The number of hydrogen-bond donors (Lipinski definition) is 2. The first kappa shape index (κ1) is 13.7. The van der Waals surface area contributed by atoms with E-state index in [9.17, 15) is 4.79 Å². The molecule has 0 unspecified atom stereocenters. The fraction of sp³-hybridized carbons (Fsp3) is 0.533. The molecule has 1 aromatic carbocycles. The summed E-state index contributed by atoms with van der Waals surface area (Å²) >= 11 is 0. The van der Waals surface area contributed by atoms with Crippen molar-refractivity contribution in [3.05, 3.63) is 23.8 Å². The highest BCUT2D eigenvalue weighted by molar-refractivity contribution is 5.72. The lowest BCUT2D eigenvalue weighted by atomic mass is 9.96. The van der Waals surface area contributed by atoms with Crippen molar-refractivity contribution in [2.45, 2.75) is 26.7 Å². The van der Waals surface area contributed by atoms with Gasteiger partial charge in [0, 0.05) is 37.9 Å². The first-order chi connectivity index (χ1) is 9.06. The van der Waals surface area contributed by atoms with Crippen LogP contribution in [0.3, 0.4) is 0 Å². The van der Waals surface area contributed by atoms with E-state index < -0.39 is 0 Å². The number of hydrogen-bond acceptors (Lipinski definition) is 3. The normalized spacial score (nSPS) is 16.4. The lowest BCUT2D eigenvalue weighted by Gasteiger charge is -2.34. The summed E-state index contributed by atoms with van der Waals surface area (Å²) in [4.78, 5) is 13.3. The minimum absolute atomic E-state index is 0.0640. The lowest BCUT2D eigenvalue weighted by molar-refractivity contribution is -0.119. The minimum atomic E-state index is 0.0640. The molecule has 0 atom stereocenters. The Balaban J connectivity index is 1.92. The molecule has 104 valence electrons. The van der Waals surface area contributed by atoms with Crippen molar-refractivity contribution >= 4 is 17.3 Å². The van der Waals surface area contributed by atoms with Gasteiger partial charge < -0.3 is 16.0 Å². The van der Waals surface area contributed by atoms with Crippen LogP contribution in [0.15, 0.2) is 18.2 Å². The lowest BCUT2D eigenvalue weighted by Crippen LogP contribution is -2.38. The van der Waals surface area contributed by atoms with Gasteiger partial charge in [0.25, 0.3) is 0 Å². The highest BCUT2D eigenvalue weighted by atomic mass is 16.1. The number of amides is 1. The van der Waals surface area contributed by atoms with Gasteiger partial charge in [-0.15, -0.1) is 0 Å². The van der Waals surface area contributed by atoms with Crippen LogP contribution in [0.2, 0.25) is 0 Å². The summed E-state index contributed by atoms with van der Waals surface area (Å²) in [5.74, 6) is 0.663. The minimum Gasteiger partial charge on any atom is -0.399 e. The first-order valence-electron chi connectivity index (χ1n) is 6.92. The number of rotatable bonds is 3. The SMILES string of the molecule is CC(=O)NCC1CCN(c2cc(N)ccc2C)CC1. The van der Waals surface area contributed by atoms with Crippen molar-refractivity contribution in [3.63, 3.8) is 0 Å². The second kappa shape index (κ2) is 5.95. The fourth-order valence-corrected chi connectivity index (χ4v) is 2.63. The van der Waals surface area contributed by atoms with E-state index in [1.165, 1.54) is 11.3 Å². The second-order valence-electron chi connectivity index (χ2n) is 5.41. The van der Waals surface area contributed by atoms with Crippen molar-refractivity contribution in [3.8, 4) is 0 Å². The molecule has 0 spiro atoms. The van der Waals surface area contributed by atoms with E-state index >= 15 is 0 Å². The van der Waals surface area contributed by atoms with Gasteiger partial charge in [-0.25, -0.2) is 0 Å². The van der Waals surface area contributed by atoms with E-state index in [1.54, 1.807) is 6.92 Å². The number of nitrogens with two attached hydrogens (primary N) is 1. The van der Waals surface area contributed by atoms with Crippen molar-refractivity contribution < 1.29 is 4.79 Å². The number of piperidine rings is 1. The molecule has 0 saturated carbocycles. The molecule has 3 N–H and O–H groups in total. The Hall–Kier alpha value is -1.71. The van der Waals surface area contributed by atoms with Crippen LogP contribution in [-0.4, -0.2) is 25.5 Å². The average molecular weight is 261 g/mol. The average Bonchev–Trinajstić information content (AvgIpc) is 2.40. The van der Waals surface area contributed by atoms with Crippen LogP contribution in [0.1, 0.15) is 25.3 Å². The molecule has 4 nitrogen and oxygen atoms in total. The molecular formula is C15H23N3O. The maximum atomic E-state index is 10.9. The van der Waals surface area contributed by atoms with Crippen LogP contribution in [-0.2, 0) is 4.79 Å². The van der Waals surface area contributed by atoms with Crippen LogP contribution in [0.25, 0.3) is 0 Å². The van der Waals surface area contributed by atoms with Gasteiger partial charge in [-0.1, -0.05) is 6.07 Å². The molecule has 1 fully saturated rings. The Morgan fingerprint density at radius 1 is 1.42 bits per heavy atom. The number of anilines is 2. The largest absolute Gasteiger partial charge is 0.399 e. The maximum Gasteiger partial charge on any atom is 0.216 e. The molecule has 1 aliphatic rings. The Labute approximate surface area is 115 Å². The smallest absolute Gasteiger partial charge is 0.216 e. The third-order valence-corrected chi connectivity index (χ3v) is 3.83. The number of nitrogens with zero attached hydrogens (tertiary/aromatic N) is 1. The van der Waals surface area contributed by atoms with Crippen molar-refractivity contribution in [1.29, 1.82) is 0 Å². The summed E-state index contributed by atoms with van der Waals surface area (Å²) in [7, 11) is 0. The highest BCUT2D eigenvalue weighted by Crippen LogP contribution is 2.27. The van der Waals surface area contributed by atoms with Crippen molar-refractivity contribution in [2.24, 2.45) is 5.92 Å². The predicted molar refractivity (Wildman–Crippen MR) is 79.2 cm³/mol. The zero-order chi connectivity index (χ0) is 13.8. The van der Waals surface area contributed by atoms with Crippen LogP contribution in [0.5, 0.6) is 0 Å². The molecule has 4 heteroatoms. The topological polar surface area (TPSA) is 58.4 Å². The molecule has 0 aromatic heterocycles. The number of nitrogens with one attached hydrogen (secondary N) is 1. The van der Waals surface area contributed by atoms with Gasteiger partial charge in [0.1, 0.15) is 0 Å². The Bertz CT molecular complexity index is 451. The summed E-state index contributed by atoms with van der Waals surface area (Å²) in [5, 5.41) is 2.91. The number of benzene rings is 1. The Morgan fingerprint density at radius 2 is 2.11 bits per heavy atom. The van der Waals surface area contributed by atoms with Crippen LogP contribution in [0.4, 0.5) is 11.4 Å². The number of carbonyl (C=O) groups is 1. The number of nitrogen functional groups attached to an aromatic ring is 1. The molecule has 19 heavy (non-hydrogen) atoms. The molecular weight excluding hydrogens is 238 g/mol. The third-order valence-electron chi connectivity index (χ3n) is 3.83. The molecule has 1 aliphatic heterocycles. The monoisotopic (exact) mass is 261 g/mol. The fourth-order valence-electron chi connectivity index (χ4n) is 2.63. The van der Waals surface area contributed by atoms with Crippen LogP contribution < -0.4 is 16.0 Å². The number of carbonyl (C=O) groups excluding carboxylic acids is 1. The third kappa shape index (κ3) is 3.63. The van der Waals surface area contributed by atoms with Crippen molar-refractivity contribution in [2.75, 3.05) is 30.3 Å². The molecule has 2 rings (SSSR count). The van der Waals surface area contributed by atoms with E-state index in [4.69, 9.17) is 5.73 Å². The highest BCUT2D eigenvalue weighted by Gasteiger charge is 2.20. The van der Waals surface area contributed by atoms with Crippen LogP contribution >= 0.6 is 0 Å². The predicted octanol–water partition coefficient (Wildman–Crippen LogP) is 1.93. The van der Waals surface area contributed by atoms with E-state index in [0.29, 0.717) is 5.92 Å². The number of aryl methyl sites for hydroxylation is 1. The molecule has 1 saturated heterocycles. The van der Waals surface area contributed by atoms with E-state index in [-0.39, 0.29) is 5.91 Å². The van der Waals surface area contributed by atoms with Crippen molar-refractivity contribution in [1.82, 2.24) is 5.32 Å². The first-order valence-corrected chi connectivity index (χ1v) is 6.92. The molecule has 0 aliphatic carbocycles. The van der Waals surface area contributed by atoms with Gasteiger partial charge in [0.05, 0.1) is 0 Å². The molecule has 0 radical (unpaired) electrons. The quantitative estimate of drug-likeness (QED) is 0.817. The zero-order valence-corrected chi connectivity index (χ0v) is 11.8. The summed E-state index contributed by atoms with van der Waals surface area (Å²) in [6.45, 7) is 6.57. The van der Waals surface area contributed by atoms with Crippen LogP contribution in [0, 0.1) is 12.8 Å². The Kier molecular flexibility index (Phi) is 4.30. The summed E-state index contributed by atoms with van der Waals surface area (Å²) in [6, 6.07) is 6.08. The van der Waals surface area contributed by atoms with E-state index in [1.807, 2.05) is 6.07 Å². The molecule has 1 heterocycles. The molecule has 1 amide bonds.